The summed E-state index contributed by atoms with van der Waals surface area (Å²) in [6.07, 6.45) is 2.02. The lowest BCUT2D eigenvalue weighted by Gasteiger charge is -2.44. The third-order valence-corrected chi connectivity index (χ3v) is 7.55. The van der Waals surface area contributed by atoms with Gasteiger partial charge in [-0.25, -0.2) is 4.79 Å². The molecule has 6 nitrogen and oxygen atoms in total. The molecule has 1 saturated heterocycles. The number of carbonyl (C=O) groups excluding carboxylic acids is 1. The standard InChI is InChI=1S/C20H15NO5S2/c22-9-10-2-1-3-12-13-6-11(4-5-15(13)26-19(10)12)27-18-7-14(20(24)25)21-16(23)8-17(21)28-18/h1-7,17-18,22H,8-9H2,(H,24,25)/t17-,18?/m1/s1. The van der Waals surface area contributed by atoms with Crippen LogP contribution in [0, 0.1) is 0 Å². The van der Waals surface area contributed by atoms with Gasteiger partial charge in [0, 0.05) is 21.2 Å². The molecular weight excluding hydrogens is 398 g/mol. The van der Waals surface area contributed by atoms with Crippen LogP contribution in [-0.4, -0.2) is 36.9 Å². The van der Waals surface area contributed by atoms with Crippen LogP contribution in [-0.2, 0) is 16.2 Å². The average Bonchev–Trinajstić information content (AvgIpc) is 3.05. The van der Waals surface area contributed by atoms with Crippen LogP contribution in [0.15, 0.2) is 57.5 Å². The lowest BCUT2D eigenvalue weighted by Crippen LogP contribution is -2.53. The smallest absolute Gasteiger partial charge is 0.352 e. The van der Waals surface area contributed by atoms with Crippen molar-refractivity contribution in [1.82, 2.24) is 4.90 Å². The van der Waals surface area contributed by atoms with E-state index in [4.69, 9.17) is 4.42 Å². The monoisotopic (exact) mass is 413 g/mol. The number of thioether (sulfide) groups is 2. The van der Waals surface area contributed by atoms with Gasteiger partial charge in [-0.15, -0.1) is 23.5 Å². The van der Waals surface area contributed by atoms with Crippen molar-refractivity contribution in [2.45, 2.75) is 27.9 Å². The van der Waals surface area contributed by atoms with Crippen LogP contribution < -0.4 is 0 Å². The average molecular weight is 413 g/mol. The van der Waals surface area contributed by atoms with Gasteiger partial charge in [-0.3, -0.25) is 9.69 Å². The van der Waals surface area contributed by atoms with Crippen molar-refractivity contribution in [1.29, 1.82) is 0 Å². The van der Waals surface area contributed by atoms with Crippen molar-refractivity contribution in [2.24, 2.45) is 0 Å². The van der Waals surface area contributed by atoms with Gasteiger partial charge in [0.25, 0.3) is 0 Å². The van der Waals surface area contributed by atoms with Crippen LogP contribution in [0.4, 0.5) is 0 Å². The summed E-state index contributed by atoms with van der Waals surface area (Å²) in [7, 11) is 0. The largest absolute Gasteiger partial charge is 0.477 e. The molecule has 142 valence electrons. The van der Waals surface area contributed by atoms with E-state index in [0.29, 0.717) is 12.0 Å². The molecule has 28 heavy (non-hydrogen) atoms. The van der Waals surface area contributed by atoms with Gasteiger partial charge in [-0.05, 0) is 24.3 Å². The first-order chi connectivity index (χ1) is 13.5. The number of amides is 1. The van der Waals surface area contributed by atoms with Crippen molar-refractivity contribution in [3.63, 3.8) is 0 Å². The minimum atomic E-state index is -1.07. The Kier molecular flexibility index (Phi) is 4.15. The zero-order valence-electron chi connectivity index (χ0n) is 14.5. The van der Waals surface area contributed by atoms with Gasteiger partial charge in [-0.1, -0.05) is 18.2 Å². The molecule has 2 aliphatic heterocycles. The molecule has 3 heterocycles. The number of para-hydroxylation sites is 1. The lowest BCUT2D eigenvalue weighted by molar-refractivity contribution is -0.146. The third-order valence-electron chi connectivity index (χ3n) is 4.94. The van der Waals surface area contributed by atoms with Gasteiger partial charge in [0.1, 0.15) is 16.9 Å². The van der Waals surface area contributed by atoms with E-state index in [0.717, 1.165) is 26.8 Å². The maximum absolute atomic E-state index is 11.7. The predicted octanol–water partition coefficient (Wildman–Crippen LogP) is 3.77. The summed E-state index contributed by atoms with van der Waals surface area (Å²) >= 11 is 3.15. The zero-order chi connectivity index (χ0) is 19.4. The van der Waals surface area contributed by atoms with Crippen molar-refractivity contribution < 1.29 is 24.2 Å². The number of carbonyl (C=O) groups is 2. The number of fused-ring (bicyclic) bond motifs is 4. The van der Waals surface area contributed by atoms with E-state index < -0.39 is 5.97 Å². The van der Waals surface area contributed by atoms with Crippen molar-refractivity contribution in [2.75, 3.05) is 0 Å². The molecule has 2 aromatic carbocycles. The SMILES string of the molecule is O=C(O)C1=CC(Sc2ccc3oc4c(CO)cccc4c3c2)S[C@@H]2CC(=O)N12. The molecule has 0 spiro atoms. The first-order valence-corrected chi connectivity index (χ1v) is 10.5. The fourth-order valence-corrected chi connectivity index (χ4v) is 6.44. The van der Waals surface area contributed by atoms with Crippen molar-refractivity contribution >= 4 is 57.3 Å². The number of nitrogens with zero attached hydrogens (tertiary/aromatic N) is 1. The molecule has 0 radical (unpaired) electrons. The predicted molar refractivity (Wildman–Crippen MR) is 108 cm³/mol. The number of aliphatic carboxylic acids is 1. The molecule has 1 fully saturated rings. The molecule has 0 aliphatic carbocycles. The van der Waals surface area contributed by atoms with Crippen LogP contribution >= 0.6 is 23.5 Å². The summed E-state index contributed by atoms with van der Waals surface area (Å²) in [5.74, 6) is -1.21. The fourth-order valence-electron chi connectivity index (χ4n) is 3.59. The molecule has 1 aromatic heterocycles. The molecule has 2 atom stereocenters. The first-order valence-electron chi connectivity index (χ1n) is 8.69. The Morgan fingerprint density at radius 3 is 2.89 bits per heavy atom. The maximum Gasteiger partial charge on any atom is 0.352 e. The van der Waals surface area contributed by atoms with Gasteiger partial charge in [-0.2, -0.15) is 0 Å². The van der Waals surface area contributed by atoms with E-state index in [9.17, 15) is 19.8 Å². The summed E-state index contributed by atoms with van der Waals surface area (Å²) < 4.78 is 5.82. The minimum Gasteiger partial charge on any atom is -0.477 e. The number of carboxylic acid groups (broad SMARTS) is 1. The number of aliphatic hydroxyl groups excluding tert-OH is 1. The second kappa shape index (κ2) is 6.58. The van der Waals surface area contributed by atoms with Gasteiger partial charge >= 0.3 is 5.97 Å². The quantitative estimate of drug-likeness (QED) is 0.629. The number of rotatable bonds is 4. The number of hydrogen-bond acceptors (Lipinski definition) is 6. The first kappa shape index (κ1) is 17.7. The Morgan fingerprint density at radius 1 is 1.29 bits per heavy atom. The molecule has 5 rings (SSSR count). The highest BCUT2D eigenvalue weighted by Crippen LogP contribution is 2.46. The fraction of sp³-hybridized carbons (Fsp3) is 0.200. The van der Waals surface area contributed by atoms with Crippen molar-refractivity contribution in [3.05, 3.63) is 53.7 Å². The summed E-state index contributed by atoms with van der Waals surface area (Å²) in [4.78, 5) is 25.6. The number of β-lactam (4-membered cyclic amide) rings is 1. The summed E-state index contributed by atoms with van der Waals surface area (Å²) in [6, 6.07) is 11.6. The van der Waals surface area contributed by atoms with Crippen LogP contribution in [0.25, 0.3) is 21.9 Å². The molecule has 1 amide bonds. The van der Waals surface area contributed by atoms with E-state index in [1.165, 1.54) is 4.90 Å². The van der Waals surface area contributed by atoms with E-state index in [-0.39, 0.29) is 28.2 Å². The number of hydrogen-bond donors (Lipinski definition) is 2. The van der Waals surface area contributed by atoms with Gasteiger partial charge < -0.3 is 14.6 Å². The Balaban J connectivity index is 1.50. The van der Waals surface area contributed by atoms with Crippen LogP contribution in [0.3, 0.4) is 0 Å². The van der Waals surface area contributed by atoms with E-state index in [1.54, 1.807) is 29.6 Å². The summed E-state index contributed by atoms with van der Waals surface area (Å²) in [6.45, 7) is -0.0865. The molecule has 1 unspecified atom stereocenters. The van der Waals surface area contributed by atoms with Gasteiger partial charge in [0.05, 0.1) is 23.0 Å². The molecule has 8 heteroatoms. The number of carboxylic acids is 1. The molecule has 2 aliphatic rings. The van der Waals surface area contributed by atoms with E-state index in [1.807, 2.05) is 36.4 Å². The number of aliphatic hydroxyl groups is 1. The second-order valence-corrected chi connectivity index (χ2v) is 9.45. The van der Waals surface area contributed by atoms with Gasteiger partial charge in [0.15, 0.2) is 0 Å². The Bertz CT molecular complexity index is 1170. The minimum absolute atomic E-state index is 0.0694. The van der Waals surface area contributed by atoms with Gasteiger partial charge in [0.2, 0.25) is 5.91 Å². The topological polar surface area (TPSA) is 91.0 Å². The summed E-state index contributed by atoms with van der Waals surface area (Å²) in [5.41, 5.74) is 2.24. The molecule has 0 saturated carbocycles. The zero-order valence-corrected chi connectivity index (χ0v) is 16.1. The Labute approximate surface area is 168 Å². The van der Waals surface area contributed by atoms with E-state index >= 15 is 0 Å². The third kappa shape index (κ3) is 2.71. The van der Waals surface area contributed by atoms with Crippen LogP contribution in [0.1, 0.15) is 12.0 Å². The highest BCUT2D eigenvalue weighted by Gasteiger charge is 2.45. The Hall–Kier alpha value is -2.42. The molecule has 3 aromatic rings. The maximum atomic E-state index is 11.7. The van der Waals surface area contributed by atoms with E-state index in [2.05, 4.69) is 0 Å². The van der Waals surface area contributed by atoms with Crippen molar-refractivity contribution in [3.8, 4) is 0 Å². The summed E-state index contributed by atoms with van der Waals surface area (Å²) in [5, 5.41) is 20.7. The number of benzene rings is 2. The second-order valence-electron chi connectivity index (χ2n) is 6.61. The molecule has 2 N–H and O–H groups in total. The lowest BCUT2D eigenvalue weighted by atomic mass is 10.1. The highest BCUT2D eigenvalue weighted by molar-refractivity contribution is 8.17. The normalized spacial score (nSPS) is 21.5. The van der Waals surface area contributed by atoms with Crippen LogP contribution in [0.5, 0.6) is 0 Å². The number of furan rings is 1. The molecule has 0 bridgehead atoms. The van der Waals surface area contributed by atoms with Crippen LogP contribution in [0.2, 0.25) is 0 Å². The molecular formula is C20H15NO5S2. The Morgan fingerprint density at radius 2 is 2.14 bits per heavy atom. The highest BCUT2D eigenvalue weighted by atomic mass is 32.2.